The van der Waals surface area contributed by atoms with Gasteiger partial charge in [-0.15, -0.1) is 0 Å². The number of benzene rings is 2. The van der Waals surface area contributed by atoms with Crippen molar-refractivity contribution in [1.29, 1.82) is 0 Å². The molecule has 4 rings (SSSR count). The van der Waals surface area contributed by atoms with Crippen LogP contribution in [0.25, 0.3) is 22.6 Å². The highest BCUT2D eigenvalue weighted by Gasteiger charge is 2.11. The summed E-state index contributed by atoms with van der Waals surface area (Å²) in [5.41, 5.74) is 9.83. The van der Waals surface area contributed by atoms with Crippen molar-refractivity contribution in [3.63, 3.8) is 0 Å². The van der Waals surface area contributed by atoms with Crippen LogP contribution in [0.1, 0.15) is 0 Å². The van der Waals surface area contributed by atoms with Gasteiger partial charge in [0.1, 0.15) is 23.0 Å². The van der Waals surface area contributed by atoms with Crippen LogP contribution in [0.4, 0.5) is 11.4 Å². The summed E-state index contributed by atoms with van der Waals surface area (Å²) in [6.07, 6.45) is 3.28. The van der Waals surface area contributed by atoms with Crippen molar-refractivity contribution < 1.29 is 18.3 Å². The normalized spacial score (nSPS) is 10.5. The van der Waals surface area contributed by atoms with Gasteiger partial charge in [-0.2, -0.15) is 0 Å². The molecule has 2 aromatic heterocycles. The number of hydrogen-bond donors (Lipinski definition) is 2. The molecule has 2 N–H and O–H groups in total. The van der Waals surface area contributed by atoms with E-state index in [0.29, 0.717) is 11.5 Å². The first-order valence-electron chi connectivity index (χ1n) is 8.74. The SMILES string of the molecule is COc1cc(NNc2ccc(-c3ccco3)c(OC)c2)ccc1-c1ccco1. The van der Waals surface area contributed by atoms with Gasteiger partial charge in [0.05, 0.1) is 49.2 Å². The molecule has 28 heavy (non-hydrogen) atoms. The molecular weight excluding hydrogens is 356 g/mol. The largest absolute Gasteiger partial charge is 0.496 e. The van der Waals surface area contributed by atoms with Crippen LogP contribution in [0.15, 0.2) is 82.0 Å². The second-order valence-corrected chi connectivity index (χ2v) is 6.03. The fourth-order valence-electron chi connectivity index (χ4n) is 2.95. The van der Waals surface area contributed by atoms with E-state index >= 15 is 0 Å². The molecule has 0 amide bonds. The van der Waals surface area contributed by atoms with Crippen molar-refractivity contribution in [2.24, 2.45) is 0 Å². The van der Waals surface area contributed by atoms with Crippen molar-refractivity contribution in [2.45, 2.75) is 0 Å². The molecule has 0 aliphatic heterocycles. The Morgan fingerprint density at radius 2 is 1.11 bits per heavy atom. The summed E-state index contributed by atoms with van der Waals surface area (Å²) in [6.45, 7) is 0. The van der Waals surface area contributed by atoms with Gasteiger partial charge in [-0.1, -0.05) is 0 Å². The molecule has 6 nitrogen and oxygen atoms in total. The maximum absolute atomic E-state index is 5.50. The fraction of sp³-hybridized carbons (Fsp3) is 0.0909. The Labute approximate surface area is 162 Å². The van der Waals surface area contributed by atoms with E-state index in [2.05, 4.69) is 10.9 Å². The molecule has 6 heteroatoms. The van der Waals surface area contributed by atoms with Gasteiger partial charge in [-0.05, 0) is 48.5 Å². The minimum Gasteiger partial charge on any atom is -0.496 e. The summed E-state index contributed by atoms with van der Waals surface area (Å²) in [6, 6.07) is 19.1. The molecule has 0 saturated heterocycles. The lowest BCUT2D eigenvalue weighted by molar-refractivity contribution is 0.414. The molecule has 0 saturated carbocycles. The summed E-state index contributed by atoms with van der Waals surface area (Å²) in [7, 11) is 3.27. The van der Waals surface area contributed by atoms with E-state index in [1.54, 1.807) is 26.7 Å². The van der Waals surface area contributed by atoms with E-state index < -0.39 is 0 Å². The monoisotopic (exact) mass is 376 g/mol. The van der Waals surface area contributed by atoms with Gasteiger partial charge in [0.25, 0.3) is 0 Å². The van der Waals surface area contributed by atoms with Crippen molar-refractivity contribution in [2.75, 3.05) is 25.1 Å². The van der Waals surface area contributed by atoms with Crippen LogP contribution in [-0.2, 0) is 0 Å². The lowest BCUT2D eigenvalue weighted by Gasteiger charge is -2.14. The summed E-state index contributed by atoms with van der Waals surface area (Å²) in [4.78, 5) is 0. The number of furan rings is 2. The summed E-state index contributed by atoms with van der Waals surface area (Å²) in [5.74, 6) is 2.95. The van der Waals surface area contributed by atoms with Gasteiger partial charge in [0.2, 0.25) is 0 Å². The second-order valence-electron chi connectivity index (χ2n) is 6.03. The number of nitrogens with one attached hydrogen (secondary N) is 2. The van der Waals surface area contributed by atoms with Crippen LogP contribution in [0.2, 0.25) is 0 Å². The zero-order valence-corrected chi connectivity index (χ0v) is 15.6. The first-order valence-corrected chi connectivity index (χ1v) is 8.74. The molecule has 0 fully saturated rings. The zero-order chi connectivity index (χ0) is 19.3. The molecule has 0 bridgehead atoms. The van der Waals surface area contributed by atoms with Crippen molar-refractivity contribution in [1.82, 2.24) is 0 Å². The molecule has 2 aromatic carbocycles. The highest BCUT2D eigenvalue weighted by molar-refractivity contribution is 5.72. The maximum Gasteiger partial charge on any atom is 0.137 e. The molecular formula is C22H20N2O4. The average Bonchev–Trinajstić information content (AvgIpc) is 3.46. The highest BCUT2D eigenvalue weighted by Crippen LogP contribution is 2.34. The molecule has 0 spiro atoms. The third-order valence-corrected chi connectivity index (χ3v) is 4.33. The molecule has 142 valence electrons. The van der Waals surface area contributed by atoms with Crippen molar-refractivity contribution in [3.05, 3.63) is 73.2 Å². The van der Waals surface area contributed by atoms with E-state index in [1.165, 1.54) is 0 Å². The highest BCUT2D eigenvalue weighted by atomic mass is 16.5. The number of hydrazine groups is 1. The molecule has 0 aliphatic carbocycles. The number of hydrogen-bond acceptors (Lipinski definition) is 6. The minimum atomic E-state index is 0.715. The topological polar surface area (TPSA) is 68.8 Å². The van der Waals surface area contributed by atoms with E-state index in [1.807, 2.05) is 60.7 Å². The number of methoxy groups -OCH3 is 2. The average molecular weight is 376 g/mol. The second kappa shape index (κ2) is 7.84. The predicted octanol–water partition coefficient (Wildman–Crippen LogP) is 5.66. The van der Waals surface area contributed by atoms with E-state index in [-0.39, 0.29) is 0 Å². The van der Waals surface area contributed by atoms with Crippen molar-refractivity contribution >= 4 is 11.4 Å². The first-order chi connectivity index (χ1) is 13.8. The lowest BCUT2D eigenvalue weighted by atomic mass is 10.1. The fourth-order valence-corrected chi connectivity index (χ4v) is 2.95. The summed E-state index contributed by atoms with van der Waals surface area (Å²) >= 11 is 0. The van der Waals surface area contributed by atoms with E-state index in [9.17, 15) is 0 Å². The predicted molar refractivity (Wildman–Crippen MR) is 109 cm³/mol. The van der Waals surface area contributed by atoms with Crippen LogP contribution in [-0.4, -0.2) is 14.2 Å². The van der Waals surface area contributed by atoms with E-state index in [0.717, 1.165) is 34.0 Å². The number of ether oxygens (including phenoxy) is 2. The van der Waals surface area contributed by atoms with Gasteiger partial charge >= 0.3 is 0 Å². The molecule has 0 aliphatic rings. The summed E-state index contributed by atoms with van der Waals surface area (Å²) in [5, 5.41) is 0. The molecule has 4 aromatic rings. The van der Waals surface area contributed by atoms with E-state index in [4.69, 9.17) is 18.3 Å². The van der Waals surface area contributed by atoms with Crippen molar-refractivity contribution in [3.8, 4) is 34.1 Å². The van der Waals surface area contributed by atoms with Gasteiger partial charge < -0.3 is 29.2 Å². The number of rotatable bonds is 7. The lowest BCUT2D eigenvalue weighted by Crippen LogP contribution is -2.09. The standard InChI is InChI=1S/C22H20N2O4/c1-25-21-13-15(7-9-17(21)19-5-3-11-27-19)23-24-16-8-10-18(22(14-16)26-2)20-6-4-12-28-20/h3-14,23-24H,1-2H3. The zero-order valence-electron chi connectivity index (χ0n) is 15.6. The Morgan fingerprint density at radius 3 is 1.46 bits per heavy atom. The smallest absolute Gasteiger partial charge is 0.137 e. The quantitative estimate of drug-likeness (QED) is 0.406. The maximum atomic E-state index is 5.50. The van der Waals surface area contributed by atoms with Gasteiger partial charge in [-0.3, -0.25) is 0 Å². The van der Waals surface area contributed by atoms with Crippen LogP contribution >= 0.6 is 0 Å². The molecule has 0 radical (unpaired) electrons. The minimum absolute atomic E-state index is 0.715. The molecule has 0 unspecified atom stereocenters. The van der Waals surface area contributed by atoms with Crippen LogP contribution < -0.4 is 20.3 Å². The summed E-state index contributed by atoms with van der Waals surface area (Å²) < 4.78 is 21.9. The van der Waals surface area contributed by atoms with Gasteiger partial charge in [0.15, 0.2) is 0 Å². The Balaban J connectivity index is 1.51. The first kappa shape index (κ1) is 17.6. The molecule has 0 atom stereocenters. The Kier molecular flexibility index (Phi) is 4.93. The molecule has 2 heterocycles. The van der Waals surface area contributed by atoms with Gasteiger partial charge in [-0.25, -0.2) is 0 Å². The number of anilines is 2. The Morgan fingerprint density at radius 1 is 0.643 bits per heavy atom. The third-order valence-electron chi connectivity index (χ3n) is 4.33. The Bertz CT molecular complexity index is 955. The van der Waals surface area contributed by atoms with Crippen LogP contribution in [0.3, 0.4) is 0 Å². The van der Waals surface area contributed by atoms with Gasteiger partial charge in [0, 0.05) is 12.1 Å². The van der Waals surface area contributed by atoms with Crippen LogP contribution in [0, 0.1) is 0 Å². The Hall–Kier alpha value is -3.80. The third kappa shape index (κ3) is 3.53. The van der Waals surface area contributed by atoms with Crippen LogP contribution in [0.5, 0.6) is 11.5 Å².